The number of halogens is 2. The van der Waals surface area contributed by atoms with Crippen LogP contribution in [0.25, 0.3) is 5.69 Å². The highest BCUT2D eigenvalue weighted by molar-refractivity contribution is 8.00. The van der Waals surface area contributed by atoms with Gasteiger partial charge in [-0.05, 0) is 68.4 Å². The number of aryl methyl sites for hydroxylation is 1. The van der Waals surface area contributed by atoms with E-state index < -0.39 is 5.97 Å². The topological polar surface area (TPSA) is 48.3 Å². The van der Waals surface area contributed by atoms with Crippen LogP contribution in [0.1, 0.15) is 21.7 Å². The molecule has 0 aliphatic carbocycles. The number of benzene rings is 2. The van der Waals surface area contributed by atoms with E-state index in [0.717, 1.165) is 16.3 Å². The van der Waals surface area contributed by atoms with Crippen LogP contribution in [0.4, 0.5) is 4.39 Å². The van der Waals surface area contributed by atoms with E-state index in [2.05, 4.69) is 0 Å². The highest BCUT2D eigenvalue weighted by atomic mass is 35.5. The van der Waals surface area contributed by atoms with Crippen molar-refractivity contribution in [1.29, 1.82) is 0 Å². The van der Waals surface area contributed by atoms with E-state index in [1.165, 1.54) is 23.9 Å². The lowest BCUT2D eigenvalue weighted by molar-refractivity contribution is -0.139. The summed E-state index contributed by atoms with van der Waals surface area (Å²) in [6, 6.07) is 14.9. The Bertz CT molecular complexity index is 1030. The van der Waals surface area contributed by atoms with Gasteiger partial charge >= 0.3 is 5.97 Å². The number of nitrogens with zero attached hydrogens (tertiary/aromatic N) is 1. The van der Waals surface area contributed by atoms with E-state index in [0.29, 0.717) is 16.3 Å². The summed E-state index contributed by atoms with van der Waals surface area (Å²) in [5.41, 5.74) is 2.79. The lowest BCUT2D eigenvalue weighted by Crippen LogP contribution is -2.16. The summed E-state index contributed by atoms with van der Waals surface area (Å²) >= 11 is 7.15. The van der Waals surface area contributed by atoms with Crippen molar-refractivity contribution in [2.24, 2.45) is 0 Å². The first kappa shape index (κ1) is 21.1. The first-order chi connectivity index (χ1) is 13.8. The Kier molecular flexibility index (Phi) is 6.77. The lowest BCUT2D eigenvalue weighted by atomic mass is 10.1. The van der Waals surface area contributed by atoms with Gasteiger partial charge in [-0.3, -0.25) is 9.59 Å². The fourth-order valence-corrected chi connectivity index (χ4v) is 3.79. The maximum atomic E-state index is 13.2. The Balaban J connectivity index is 1.60. The van der Waals surface area contributed by atoms with Crippen molar-refractivity contribution in [1.82, 2.24) is 4.57 Å². The van der Waals surface area contributed by atoms with Crippen molar-refractivity contribution >= 4 is 35.1 Å². The molecule has 0 saturated heterocycles. The first-order valence-electron chi connectivity index (χ1n) is 8.87. The zero-order chi connectivity index (χ0) is 21.0. The second kappa shape index (κ2) is 9.29. The van der Waals surface area contributed by atoms with Crippen molar-refractivity contribution < 1.29 is 18.7 Å². The monoisotopic (exact) mass is 431 g/mol. The van der Waals surface area contributed by atoms with E-state index in [9.17, 15) is 14.0 Å². The van der Waals surface area contributed by atoms with Crippen LogP contribution in [-0.2, 0) is 9.53 Å². The number of hydrogen-bond donors (Lipinski definition) is 0. The Labute approximate surface area is 177 Å². The van der Waals surface area contributed by atoms with Gasteiger partial charge in [0.15, 0.2) is 6.61 Å². The number of esters is 1. The quantitative estimate of drug-likeness (QED) is 0.285. The second-order valence-corrected chi connectivity index (χ2v) is 7.91. The van der Waals surface area contributed by atoms with Crippen molar-refractivity contribution in [3.63, 3.8) is 0 Å². The maximum Gasteiger partial charge on any atom is 0.316 e. The molecule has 3 aromatic rings. The van der Waals surface area contributed by atoms with Gasteiger partial charge in [0, 0.05) is 32.6 Å². The van der Waals surface area contributed by atoms with Crippen LogP contribution in [0.5, 0.6) is 0 Å². The standard InChI is InChI=1S/C22H19ClFNO3S/c1-14-11-20(15(2)25(14)18-7-5-17(24)6-8-18)21(26)12-28-22(27)13-29-19-9-3-16(23)4-10-19/h3-11H,12-13H2,1-2H3. The fraction of sp³-hybridized carbons (Fsp3) is 0.182. The molecule has 4 nitrogen and oxygen atoms in total. The molecule has 0 amide bonds. The molecule has 0 saturated carbocycles. The predicted octanol–water partition coefficient (Wildman–Crippen LogP) is 5.40. The van der Waals surface area contributed by atoms with E-state index in [1.54, 1.807) is 30.3 Å². The number of ether oxygens (including phenoxy) is 1. The lowest BCUT2D eigenvalue weighted by Gasteiger charge is -2.10. The molecule has 0 unspecified atom stereocenters. The summed E-state index contributed by atoms with van der Waals surface area (Å²) in [7, 11) is 0. The van der Waals surface area contributed by atoms with Gasteiger partial charge in [-0.25, -0.2) is 4.39 Å². The van der Waals surface area contributed by atoms with Gasteiger partial charge in [0.05, 0.1) is 5.75 Å². The van der Waals surface area contributed by atoms with Crippen molar-refractivity contribution in [3.05, 3.63) is 82.4 Å². The average molecular weight is 432 g/mol. The number of carbonyl (C=O) groups excluding carboxylic acids is 2. The molecular weight excluding hydrogens is 413 g/mol. The molecule has 3 rings (SSSR count). The summed E-state index contributed by atoms with van der Waals surface area (Å²) in [5.74, 6) is -0.971. The molecule has 0 aliphatic rings. The summed E-state index contributed by atoms with van der Waals surface area (Å²) in [5, 5.41) is 0.626. The largest absolute Gasteiger partial charge is 0.457 e. The third-order valence-corrected chi connectivity index (χ3v) is 5.59. The number of hydrogen-bond acceptors (Lipinski definition) is 4. The molecule has 0 atom stereocenters. The zero-order valence-corrected chi connectivity index (χ0v) is 17.5. The van der Waals surface area contributed by atoms with Gasteiger partial charge in [-0.15, -0.1) is 11.8 Å². The highest BCUT2D eigenvalue weighted by Gasteiger charge is 2.18. The van der Waals surface area contributed by atoms with Crippen LogP contribution in [0.3, 0.4) is 0 Å². The number of carbonyl (C=O) groups is 2. The summed E-state index contributed by atoms with van der Waals surface area (Å²) in [4.78, 5) is 25.4. The van der Waals surface area contributed by atoms with Gasteiger partial charge in [0.2, 0.25) is 5.78 Å². The molecule has 0 N–H and O–H groups in total. The average Bonchev–Trinajstić information content (AvgIpc) is 3.00. The second-order valence-electron chi connectivity index (χ2n) is 6.42. The number of ketones is 1. The number of Topliss-reactive ketones (excluding diaryl/α,β-unsaturated/α-hetero) is 1. The van der Waals surface area contributed by atoms with Crippen LogP contribution in [-0.4, -0.2) is 28.7 Å². The Morgan fingerprint density at radius 3 is 2.38 bits per heavy atom. The maximum absolute atomic E-state index is 13.2. The predicted molar refractivity (Wildman–Crippen MR) is 113 cm³/mol. The smallest absolute Gasteiger partial charge is 0.316 e. The third-order valence-electron chi connectivity index (χ3n) is 4.35. The third kappa shape index (κ3) is 5.28. The molecule has 0 aliphatic heterocycles. The van der Waals surface area contributed by atoms with Crippen LogP contribution >= 0.6 is 23.4 Å². The molecule has 1 heterocycles. The van der Waals surface area contributed by atoms with Crippen LogP contribution in [0, 0.1) is 19.7 Å². The fourth-order valence-electron chi connectivity index (χ4n) is 2.97. The SMILES string of the molecule is Cc1cc(C(=O)COC(=O)CSc2ccc(Cl)cc2)c(C)n1-c1ccc(F)cc1. The highest BCUT2D eigenvalue weighted by Crippen LogP contribution is 2.22. The van der Waals surface area contributed by atoms with Gasteiger partial charge in [-0.2, -0.15) is 0 Å². The van der Waals surface area contributed by atoms with E-state index >= 15 is 0 Å². The minimum absolute atomic E-state index is 0.101. The summed E-state index contributed by atoms with van der Waals surface area (Å²) < 4.78 is 20.2. The first-order valence-corrected chi connectivity index (χ1v) is 10.2. The number of rotatable bonds is 7. The van der Waals surface area contributed by atoms with Gasteiger partial charge in [-0.1, -0.05) is 11.6 Å². The van der Waals surface area contributed by atoms with E-state index in [4.69, 9.17) is 16.3 Å². The molecular formula is C22H19ClFNO3S. The molecule has 0 radical (unpaired) electrons. The van der Waals surface area contributed by atoms with E-state index in [-0.39, 0.29) is 24.0 Å². The molecule has 7 heteroatoms. The Hall–Kier alpha value is -2.57. The zero-order valence-electron chi connectivity index (χ0n) is 15.9. The minimum Gasteiger partial charge on any atom is -0.457 e. The minimum atomic E-state index is -0.467. The molecule has 150 valence electrons. The molecule has 0 fully saturated rings. The number of aromatic nitrogens is 1. The normalized spacial score (nSPS) is 10.8. The molecule has 0 bridgehead atoms. The van der Waals surface area contributed by atoms with Gasteiger partial charge < -0.3 is 9.30 Å². The molecule has 1 aromatic heterocycles. The summed E-state index contributed by atoms with van der Waals surface area (Å²) in [6.45, 7) is 3.34. The van der Waals surface area contributed by atoms with Crippen molar-refractivity contribution in [2.75, 3.05) is 12.4 Å². The van der Waals surface area contributed by atoms with Gasteiger partial charge in [0.1, 0.15) is 5.82 Å². The van der Waals surface area contributed by atoms with Crippen molar-refractivity contribution in [2.45, 2.75) is 18.7 Å². The van der Waals surface area contributed by atoms with E-state index in [1.807, 2.05) is 30.5 Å². The Morgan fingerprint density at radius 2 is 1.72 bits per heavy atom. The van der Waals surface area contributed by atoms with Crippen LogP contribution < -0.4 is 0 Å². The molecule has 29 heavy (non-hydrogen) atoms. The van der Waals surface area contributed by atoms with Gasteiger partial charge in [0.25, 0.3) is 0 Å². The molecule has 2 aromatic carbocycles. The van der Waals surface area contributed by atoms with Crippen molar-refractivity contribution in [3.8, 4) is 5.69 Å². The van der Waals surface area contributed by atoms with Crippen LogP contribution in [0.2, 0.25) is 5.02 Å². The molecule has 0 spiro atoms. The Morgan fingerprint density at radius 1 is 1.07 bits per heavy atom. The summed E-state index contributed by atoms with van der Waals surface area (Å²) in [6.07, 6.45) is 0. The van der Waals surface area contributed by atoms with Crippen LogP contribution in [0.15, 0.2) is 59.5 Å². The number of thioether (sulfide) groups is 1.